The second kappa shape index (κ2) is 6.01. The van der Waals surface area contributed by atoms with Crippen molar-refractivity contribution in [3.8, 4) is 5.75 Å². The van der Waals surface area contributed by atoms with Crippen molar-refractivity contribution in [1.29, 1.82) is 0 Å². The largest absolute Gasteiger partial charge is 0.508 e. The average Bonchev–Trinajstić information content (AvgIpc) is 2.39. The lowest BCUT2D eigenvalue weighted by molar-refractivity contribution is 0.465. The molecule has 2 N–H and O–H groups in total. The van der Waals surface area contributed by atoms with E-state index in [0.717, 1.165) is 11.6 Å². The van der Waals surface area contributed by atoms with Gasteiger partial charge in [0.05, 0.1) is 0 Å². The first-order valence-corrected chi connectivity index (χ1v) is 6.47. The summed E-state index contributed by atoms with van der Waals surface area (Å²) in [6.45, 7) is 3.78. The van der Waals surface area contributed by atoms with Crippen molar-refractivity contribution in [1.82, 2.24) is 5.32 Å². The van der Waals surface area contributed by atoms with Gasteiger partial charge in [-0.1, -0.05) is 18.2 Å². The zero-order valence-corrected chi connectivity index (χ0v) is 11.4. The van der Waals surface area contributed by atoms with Crippen LogP contribution in [-0.2, 0) is 0 Å². The lowest BCUT2D eigenvalue weighted by atomic mass is 10.0. The molecule has 0 spiro atoms. The summed E-state index contributed by atoms with van der Waals surface area (Å²) in [5.74, 6) is -0.925. The van der Waals surface area contributed by atoms with E-state index in [1.54, 1.807) is 24.3 Å². The van der Waals surface area contributed by atoms with Crippen molar-refractivity contribution in [2.75, 3.05) is 0 Å². The summed E-state index contributed by atoms with van der Waals surface area (Å²) in [6.07, 6.45) is 0. The molecule has 0 bridgehead atoms. The first kappa shape index (κ1) is 14.5. The Labute approximate surface area is 117 Å². The topological polar surface area (TPSA) is 32.3 Å². The van der Waals surface area contributed by atoms with Crippen LogP contribution < -0.4 is 5.32 Å². The van der Waals surface area contributed by atoms with Gasteiger partial charge in [0.1, 0.15) is 17.4 Å². The predicted octanol–water partition coefficient (Wildman–Crippen LogP) is 4.08. The molecule has 0 heterocycles. The minimum atomic E-state index is -0.579. The van der Waals surface area contributed by atoms with E-state index in [-0.39, 0.29) is 17.8 Å². The Hall–Kier alpha value is -1.94. The minimum absolute atomic E-state index is 0.0185. The molecule has 0 radical (unpaired) electrons. The summed E-state index contributed by atoms with van der Waals surface area (Å²) in [7, 11) is 0. The maximum absolute atomic E-state index is 13.7. The lowest BCUT2D eigenvalue weighted by Gasteiger charge is -2.21. The molecule has 2 aromatic carbocycles. The van der Waals surface area contributed by atoms with E-state index in [2.05, 4.69) is 5.32 Å². The SMILES string of the molecule is CC(NC(C)c1ccc(F)cc1F)c1ccc(O)cc1. The van der Waals surface area contributed by atoms with Crippen molar-refractivity contribution < 1.29 is 13.9 Å². The van der Waals surface area contributed by atoms with Crippen molar-refractivity contribution in [2.45, 2.75) is 25.9 Å². The Balaban J connectivity index is 2.10. The Morgan fingerprint density at radius 3 is 2.20 bits per heavy atom. The van der Waals surface area contributed by atoms with Crippen LogP contribution in [0.3, 0.4) is 0 Å². The average molecular weight is 277 g/mol. The molecule has 0 aliphatic rings. The number of rotatable bonds is 4. The van der Waals surface area contributed by atoms with E-state index in [4.69, 9.17) is 0 Å². The summed E-state index contributed by atoms with van der Waals surface area (Å²) in [5.41, 5.74) is 1.41. The highest BCUT2D eigenvalue weighted by atomic mass is 19.1. The third-order valence-corrected chi connectivity index (χ3v) is 3.32. The van der Waals surface area contributed by atoms with Crippen LogP contribution in [0.5, 0.6) is 5.75 Å². The fraction of sp³-hybridized carbons (Fsp3) is 0.250. The van der Waals surface area contributed by atoms with Gasteiger partial charge in [-0.25, -0.2) is 8.78 Å². The summed E-state index contributed by atoms with van der Waals surface area (Å²) < 4.78 is 26.6. The molecule has 2 rings (SSSR count). The number of nitrogens with one attached hydrogen (secondary N) is 1. The van der Waals surface area contributed by atoms with Gasteiger partial charge in [-0.3, -0.25) is 0 Å². The molecule has 0 saturated carbocycles. The summed E-state index contributed by atoms with van der Waals surface area (Å²) in [5, 5.41) is 12.5. The third-order valence-electron chi connectivity index (χ3n) is 3.32. The Morgan fingerprint density at radius 1 is 0.950 bits per heavy atom. The fourth-order valence-electron chi connectivity index (χ4n) is 2.18. The molecule has 0 fully saturated rings. The molecular weight excluding hydrogens is 260 g/mol. The molecule has 106 valence electrons. The van der Waals surface area contributed by atoms with Gasteiger partial charge in [-0.2, -0.15) is 0 Å². The Morgan fingerprint density at radius 2 is 1.60 bits per heavy atom. The second-order valence-electron chi connectivity index (χ2n) is 4.87. The number of phenols is 1. The van der Waals surface area contributed by atoms with E-state index < -0.39 is 11.6 Å². The number of aromatic hydroxyl groups is 1. The minimum Gasteiger partial charge on any atom is -0.508 e. The van der Waals surface area contributed by atoms with Gasteiger partial charge in [-0.15, -0.1) is 0 Å². The van der Waals surface area contributed by atoms with Crippen molar-refractivity contribution in [3.05, 3.63) is 65.2 Å². The molecule has 0 aromatic heterocycles. The highest BCUT2D eigenvalue weighted by Crippen LogP contribution is 2.23. The van der Waals surface area contributed by atoms with Crippen LogP contribution >= 0.6 is 0 Å². The first-order chi connectivity index (χ1) is 9.47. The van der Waals surface area contributed by atoms with Crippen LogP contribution in [0.2, 0.25) is 0 Å². The standard InChI is InChI=1S/C16H17F2NO/c1-10(12-3-6-14(20)7-4-12)19-11(2)15-8-5-13(17)9-16(15)18/h3-11,19-20H,1-2H3. The smallest absolute Gasteiger partial charge is 0.130 e. The highest BCUT2D eigenvalue weighted by molar-refractivity contribution is 5.28. The van der Waals surface area contributed by atoms with Crippen LogP contribution in [0, 0.1) is 11.6 Å². The maximum atomic E-state index is 13.7. The lowest BCUT2D eigenvalue weighted by Crippen LogP contribution is -2.23. The first-order valence-electron chi connectivity index (χ1n) is 6.47. The van der Waals surface area contributed by atoms with E-state index >= 15 is 0 Å². The molecule has 2 atom stereocenters. The van der Waals surface area contributed by atoms with Crippen molar-refractivity contribution >= 4 is 0 Å². The Bertz CT molecular complexity index is 584. The molecule has 0 amide bonds. The van der Waals surface area contributed by atoms with E-state index in [0.29, 0.717) is 5.56 Å². The van der Waals surface area contributed by atoms with Crippen LogP contribution in [-0.4, -0.2) is 5.11 Å². The Kier molecular flexibility index (Phi) is 4.35. The number of halogens is 2. The zero-order valence-electron chi connectivity index (χ0n) is 11.4. The van der Waals surface area contributed by atoms with Gasteiger partial charge < -0.3 is 10.4 Å². The van der Waals surface area contributed by atoms with E-state index in [9.17, 15) is 13.9 Å². The predicted molar refractivity (Wildman–Crippen MR) is 74.4 cm³/mol. The van der Waals surface area contributed by atoms with Gasteiger partial charge >= 0.3 is 0 Å². The van der Waals surface area contributed by atoms with Gasteiger partial charge in [0.2, 0.25) is 0 Å². The normalized spacial score (nSPS) is 14.0. The highest BCUT2D eigenvalue weighted by Gasteiger charge is 2.15. The summed E-state index contributed by atoms with van der Waals surface area (Å²) in [6, 6.07) is 10.1. The third kappa shape index (κ3) is 3.33. The molecule has 2 nitrogen and oxygen atoms in total. The quantitative estimate of drug-likeness (QED) is 0.882. The van der Waals surface area contributed by atoms with E-state index in [1.165, 1.54) is 12.1 Å². The van der Waals surface area contributed by atoms with Gasteiger partial charge in [0, 0.05) is 23.7 Å². The molecule has 4 heteroatoms. The van der Waals surface area contributed by atoms with Crippen LogP contribution in [0.15, 0.2) is 42.5 Å². The monoisotopic (exact) mass is 277 g/mol. The fourth-order valence-corrected chi connectivity index (χ4v) is 2.18. The van der Waals surface area contributed by atoms with Gasteiger partial charge in [0.15, 0.2) is 0 Å². The summed E-state index contributed by atoms with van der Waals surface area (Å²) in [4.78, 5) is 0. The second-order valence-corrected chi connectivity index (χ2v) is 4.87. The number of hydrogen-bond acceptors (Lipinski definition) is 2. The van der Waals surface area contributed by atoms with Crippen LogP contribution in [0.1, 0.15) is 37.1 Å². The molecule has 0 aliphatic carbocycles. The van der Waals surface area contributed by atoms with Gasteiger partial charge in [-0.05, 0) is 37.6 Å². The summed E-state index contributed by atoms with van der Waals surface area (Å²) >= 11 is 0. The molecule has 20 heavy (non-hydrogen) atoms. The van der Waals surface area contributed by atoms with Crippen LogP contribution in [0.25, 0.3) is 0 Å². The number of hydrogen-bond donors (Lipinski definition) is 2. The maximum Gasteiger partial charge on any atom is 0.130 e. The molecule has 0 saturated heterocycles. The van der Waals surface area contributed by atoms with Crippen molar-refractivity contribution in [3.63, 3.8) is 0 Å². The van der Waals surface area contributed by atoms with E-state index in [1.807, 2.05) is 13.8 Å². The molecule has 0 aliphatic heterocycles. The molecular formula is C16H17F2NO. The molecule has 2 aromatic rings. The van der Waals surface area contributed by atoms with Crippen molar-refractivity contribution in [2.24, 2.45) is 0 Å². The van der Waals surface area contributed by atoms with Gasteiger partial charge in [0.25, 0.3) is 0 Å². The molecule has 2 unspecified atom stereocenters. The van der Waals surface area contributed by atoms with Crippen LogP contribution in [0.4, 0.5) is 8.78 Å². The number of benzene rings is 2. The number of phenolic OH excluding ortho intramolecular Hbond substituents is 1. The zero-order chi connectivity index (χ0) is 14.7.